The summed E-state index contributed by atoms with van der Waals surface area (Å²) < 4.78 is 11.8. The first-order valence-corrected chi connectivity index (χ1v) is 17.4. The Hall–Kier alpha value is -1.07. The zero-order valence-electron chi connectivity index (χ0n) is 28.3. The van der Waals surface area contributed by atoms with Crippen LogP contribution >= 0.6 is 0 Å². The maximum atomic E-state index is 11.7. The number of hydrogen-bond acceptors (Lipinski definition) is 8. The van der Waals surface area contributed by atoms with Crippen LogP contribution in [-0.2, 0) is 14.3 Å². The van der Waals surface area contributed by atoms with E-state index in [1.165, 1.54) is 0 Å². The van der Waals surface area contributed by atoms with Crippen LogP contribution in [-0.4, -0.2) is 86.1 Å². The number of carboxylic acids is 1. The first kappa shape index (κ1) is 33.8. The van der Waals surface area contributed by atoms with E-state index in [1.807, 2.05) is 6.92 Å². The van der Waals surface area contributed by atoms with Crippen molar-refractivity contribution in [3.8, 4) is 0 Å². The largest absolute Gasteiger partial charge is 0.479 e. The van der Waals surface area contributed by atoms with Gasteiger partial charge in [-0.05, 0) is 97.2 Å². The lowest BCUT2D eigenvalue weighted by Gasteiger charge is -2.72. The second-order valence-corrected chi connectivity index (χ2v) is 18.0. The van der Waals surface area contributed by atoms with Crippen LogP contribution in [0.4, 0.5) is 0 Å². The van der Waals surface area contributed by atoms with Gasteiger partial charge >= 0.3 is 5.97 Å². The molecule has 9 nitrogen and oxygen atoms in total. The van der Waals surface area contributed by atoms with E-state index in [0.29, 0.717) is 18.3 Å². The van der Waals surface area contributed by atoms with Gasteiger partial charge in [0.1, 0.15) is 18.3 Å². The Morgan fingerprint density at radius 2 is 1.56 bits per heavy atom. The lowest BCUT2D eigenvalue weighted by atomic mass is 9.33. The number of allylic oxidation sites excluding steroid dienone is 2. The van der Waals surface area contributed by atoms with Crippen LogP contribution in [0.1, 0.15) is 106 Å². The summed E-state index contributed by atoms with van der Waals surface area (Å²) >= 11 is 0. The van der Waals surface area contributed by atoms with Crippen LogP contribution in [0.2, 0.25) is 0 Å². The van der Waals surface area contributed by atoms with Gasteiger partial charge in [-0.25, -0.2) is 4.79 Å². The van der Waals surface area contributed by atoms with Gasteiger partial charge < -0.3 is 40.1 Å². The second kappa shape index (κ2) is 10.7. The predicted molar refractivity (Wildman–Crippen MR) is 167 cm³/mol. The fraction of sp³-hybridized carbons (Fsp3) is 0.917. The highest BCUT2D eigenvalue weighted by Gasteiger charge is 2.69. The van der Waals surface area contributed by atoms with Crippen molar-refractivity contribution in [3.63, 3.8) is 0 Å². The van der Waals surface area contributed by atoms with Gasteiger partial charge in [-0.15, -0.1) is 0 Å². The van der Waals surface area contributed by atoms with E-state index >= 15 is 0 Å². The molecule has 5 aliphatic carbocycles. The number of hydrogen-bond donors (Lipinski definition) is 6. The molecule has 0 aromatic heterocycles. The van der Waals surface area contributed by atoms with Crippen molar-refractivity contribution in [2.24, 2.45) is 50.2 Å². The molecular formula is C36H58O9. The summed E-state index contributed by atoms with van der Waals surface area (Å²) in [6.45, 7) is 16.3. The number of carboxylic acid groups (broad SMARTS) is 1. The molecule has 256 valence electrons. The van der Waals surface area contributed by atoms with Crippen LogP contribution < -0.4 is 0 Å². The Morgan fingerprint density at radius 1 is 0.867 bits per heavy atom. The first-order chi connectivity index (χ1) is 20.8. The molecule has 6 N–H and O–H groups in total. The summed E-state index contributed by atoms with van der Waals surface area (Å²) in [6.07, 6.45) is 1.81. The van der Waals surface area contributed by atoms with Gasteiger partial charge in [-0.1, -0.05) is 60.1 Å². The summed E-state index contributed by atoms with van der Waals surface area (Å²) in [5, 5.41) is 63.3. The fourth-order valence-corrected chi connectivity index (χ4v) is 12.2. The van der Waals surface area contributed by atoms with E-state index in [-0.39, 0.29) is 45.7 Å². The average molecular weight is 635 g/mol. The molecule has 0 bridgehead atoms. The van der Waals surface area contributed by atoms with Crippen LogP contribution in [0.5, 0.6) is 0 Å². The molecule has 0 aromatic rings. The zero-order valence-corrected chi connectivity index (χ0v) is 28.3. The first-order valence-electron chi connectivity index (χ1n) is 17.4. The molecule has 15 atom stereocenters. The zero-order chi connectivity index (χ0) is 33.1. The molecule has 0 spiro atoms. The van der Waals surface area contributed by atoms with Gasteiger partial charge in [0.2, 0.25) is 0 Å². The van der Waals surface area contributed by atoms with Crippen molar-refractivity contribution < 1.29 is 44.9 Å². The molecule has 0 radical (unpaired) electrons. The average Bonchev–Trinajstić information content (AvgIpc) is 2.96. The summed E-state index contributed by atoms with van der Waals surface area (Å²) in [7, 11) is 0. The van der Waals surface area contributed by atoms with Gasteiger partial charge in [0, 0.05) is 10.8 Å². The molecule has 2 unspecified atom stereocenters. The van der Waals surface area contributed by atoms with Crippen molar-refractivity contribution in [3.05, 3.63) is 11.6 Å². The van der Waals surface area contributed by atoms with Crippen molar-refractivity contribution in [2.45, 2.75) is 149 Å². The number of ether oxygens (including phenoxy) is 2. The number of fused-ring (bicyclic) bond motifs is 7. The van der Waals surface area contributed by atoms with Gasteiger partial charge in [0.25, 0.3) is 0 Å². The number of aliphatic hydroxyl groups is 5. The smallest absolute Gasteiger partial charge is 0.335 e. The predicted octanol–water partition coefficient (Wildman–Crippen LogP) is 4.03. The maximum absolute atomic E-state index is 11.7. The van der Waals surface area contributed by atoms with Crippen molar-refractivity contribution in [1.82, 2.24) is 0 Å². The fourth-order valence-electron chi connectivity index (χ4n) is 12.2. The molecule has 0 amide bonds. The Labute approximate surface area is 268 Å². The van der Waals surface area contributed by atoms with E-state index in [9.17, 15) is 35.4 Å². The normalized spacial score (nSPS) is 55.8. The molecule has 6 aliphatic rings. The van der Waals surface area contributed by atoms with Gasteiger partial charge in [0.15, 0.2) is 12.4 Å². The quantitative estimate of drug-likeness (QED) is 0.199. The minimum atomic E-state index is -1.78. The number of carbonyl (C=O) groups is 1. The Morgan fingerprint density at radius 3 is 2.20 bits per heavy atom. The second-order valence-electron chi connectivity index (χ2n) is 18.0. The SMILES string of the molecule is CC1(C)C[C@@H](O)[C@]2(C)CC[C@]3(C)C(=CCC4[C@@]5(C)CC[C@H](O[C@@H]6O[C@H](C(=O)O)[C@@H](O)[C@H](O)[C@H]6O)[C@](C)(CO)C5CC[C@]43C)[C@@H]2C1. The number of aliphatic hydroxyl groups excluding tert-OH is 5. The molecule has 5 fully saturated rings. The monoisotopic (exact) mass is 634 g/mol. The summed E-state index contributed by atoms with van der Waals surface area (Å²) in [6, 6.07) is 0. The van der Waals surface area contributed by atoms with Gasteiger partial charge in [-0.2, -0.15) is 0 Å². The van der Waals surface area contributed by atoms with E-state index in [2.05, 4.69) is 47.6 Å². The Kier molecular flexibility index (Phi) is 8.05. The van der Waals surface area contributed by atoms with E-state index < -0.39 is 48.2 Å². The van der Waals surface area contributed by atoms with Crippen molar-refractivity contribution >= 4 is 5.97 Å². The third-order valence-corrected chi connectivity index (χ3v) is 15.3. The highest BCUT2D eigenvalue weighted by Crippen LogP contribution is 2.75. The Balaban J connectivity index is 1.30. The summed E-state index contributed by atoms with van der Waals surface area (Å²) in [5.41, 5.74) is 0.871. The van der Waals surface area contributed by atoms with Crippen LogP contribution in [0, 0.1) is 50.2 Å². The highest BCUT2D eigenvalue weighted by atomic mass is 16.7. The van der Waals surface area contributed by atoms with E-state index in [1.54, 1.807) is 5.57 Å². The highest BCUT2D eigenvalue weighted by molar-refractivity contribution is 5.73. The van der Waals surface area contributed by atoms with Crippen molar-refractivity contribution in [2.75, 3.05) is 6.61 Å². The van der Waals surface area contributed by atoms with Crippen molar-refractivity contribution in [1.29, 1.82) is 0 Å². The lowest BCUT2D eigenvalue weighted by Crippen LogP contribution is -2.67. The number of aliphatic carboxylic acids is 1. The molecule has 6 rings (SSSR count). The van der Waals surface area contributed by atoms with Crippen LogP contribution in [0.15, 0.2) is 11.6 Å². The molecular weight excluding hydrogens is 576 g/mol. The molecule has 9 heteroatoms. The maximum Gasteiger partial charge on any atom is 0.335 e. The van der Waals surface area contributed by atoms with Gasteiger partial charge in [-0.3, -0.25) is 0 Å². The van der Waals surface area contributed by atoms with Crippen LogP contribution in [0.3, 0.4) is 0 Å². The third kappa shape index (κ3) is 4.61. The van der Waals surface area contributed by atoms with Gasteiger partial charge in [0.05, 0.1) is 18.8 Å². The molecule has 45 heavy (non-hydrogen) atoms. The third-order valence-electron chi connectivity index (χ3n) is 15.3. The van der Waals surface area contributed by atoms with E-state index in [0.717, 1.165) is 51.4 Å². The topological polar surface area (TPSA) is 157 Å². The summed E-state index contributed by atoms with van der Waals surface area (Å²) in [5.74, 6) is -0.570. The molecule has 4 saturated carbocycles. The lowest BCUT2D eigenvalue weighted by molar-refractivity contribution is -0.327. The molecule has 0 aromatic carbocycles. The minimum Gasteiger partial charge on any atom is -0.479 e. The standard InChI is InChI=1S/C36H58O9/c1-31(2)16-20-19-8-9-22-33(4)12-11-24(44-30-27(41)25(39)26(40)28(45-30)29(42)43)34(5,18-37)21(33)10-13-36(22,7)35(19,6)15-14-32(20,3)23(38)17-31/h8,20-28,30,37-41H,9-18H2,1-7H3,(H,42,43)/t20-,21?,22?,23+,24-,25-,26-,27+,28-,30+,32+,33-,34+,35+,36+/m0/s1. The molecule has 1 aliphatic heterocycles. The molecule has 1 heterocycles. The Bertz CT molecular complexity index is 1220. The minimum absolute atomic E-state index is 0.0209. The molecule has 1 saturated heterocycles. The summed E-state index contributed by atoms with van der Waals surface area (Å²) in [4.78, 5) is 11.7. The van der Waals surface area contributed by atoms with E-state index in [4.69, 9.17) is 9.47 Å². The van der Waals surface area contributed by atoms with Crippen LogP contribution in [0.25, 0.3) is 0 Å². The number of rotatable bonds is 4.